The van der Waals surface area contributed by atoms with Crippen LogP contribution < -0.4 is 10.2 Å². The van der Waals surface area contributed by atoms with E-state index in [2.05, 4.69) is 5.32 Å². The lowest BCUT2D eigenvalue weighted by atomic mass is 10.1. The van der Waals surface area contributed by atoms with Crippen molar-refractivity contribution >= 4 is 23.3 Å². The summed E-state index contributed by atoms with van der Waals surface area (Å²) >= 11 is 0. The van der Waals surface area contributed by atoms with Gasteiger partial charge in [0, 0.05) is 37.4 Å². The highest BCUT2D eigenvalue weighted by Crippen LogP contribution is 2.30. The standard InChI is InChI=1S/C19H27N3O2/c1-15-16(9-7-10-17(15)22-14-8-11-18(22)23)20-19(24)21-12-5-3-2-4-6-13-21/h7,9-10H,2-6,8,11-14H2,1H3,(H,20,24). The van der Waals surface area contributed by atoms with Crippen molar-refractivity contribution in [1.29, 1.82) is 0 Å². The molecule has 3 amide bonds. The summed E-state index contributed by atoms with van der Waals surface area (Å²) in [5, 5.41) is 3.06. The van der Waals surface area contributed by atoms with Crippen LogP contribution in [0.15, 0.2) is 18.2 Å². The number of benzene rings is 1. The fourth-order valence-corrected chi connectivity index (χ4v) is 3.60. The molecule has 2 saturated heterocycles. The van der Waals surface area contributed by atoms with Crippen LogP contribution in [0, 0.1) is 6.92 Å². The van der Waals surface area contributed by atoms with Crippen molar-refractivity contribution in [2.45, 2.75) is 51.9 Å². The molecule has 0 bridgehead atoms. The van der Waals surface area contributed by atoms with Gasteiger partial charge in [-0.3, -0.25) is 4.79 Å². The van der Waals surface area contributed by atoms with Gasteiger partial charge in [0.2, 0.25) is 5.91 Å². The zero-order chi connectivity index (χ0) is 16.9. The predicted octanol–water partition coefficient (Wildman–Crippen LogP) is 3.92. The van der Waals surface area contributed by atoms with Crippen LogP contribution in [0.4, 0.5) is 16.2 Å². The molecule has 5 nitrogen and oxygen atoms in total. The summed E-state index contributed by atoms with van der Waals surface area (Å²) in [5.41, 5.74) is 2.69. The number of rotatable bonds is 2. The number of nitrogens with one attached hydrogen (secondary N) is 1. The maximum atomic E-state index is 12.6. The summed E-state index contributed by atoms with van der Waals surface area (Å²) < 4.78 is 0. The molecule has 2 heterocycles. The summed E-state index contributed by atoms with van der Waals surface area (Å²) in [5.74, 6) is 0.172. The highest BCUT2D eigenvalue weighted by atomic mass is 16.2. The second kappa shape index (κ2) is 7.69. The average Bonchev–Trinajstić information content (AvgIpc) is 2.95. The lowest BCUT2D eigenvalue weighted by Gasteiger charge is -2.26. The molecule has 0 radical (unpaired) electrons. The molecule has 1 aromatic carbocycles. The molecular formula is C19H27N3O2. The largest absolute Gasteiger partial charge is 0.325 e. The van der Waals surface area contributed by atoms with E-state index < -0.39 is 0 Å². The number of urea groups is 1. The Morgan fingerprint density at radius 3 is 2.38 bits per heavy atom. The second-order valence-corrected chi connectivity index (χ2v) is 6.78. The molecule has 2 aliphatic heterocycles. The number of carbonyl (C=O) groups excluding carboxylic acids is 2. The van der Waals surface area contributed by atoms with Gasteiger partial charge in [-0.15, -0.1) is 0 Å². The molecule has 0 atom stereocenters. The predicted molar refractivity (Wildman–Crippen MR) is 96.4 cm³/mol. The van der Waals surface area contributed by atoms with Crippen molar-refractivity contribution < 1.29 is 9.59 Å². The van der Waals surface area contributed by atoms with Gasteiger partial charge in [0.1, 0.15) is 0 Å². The molecule has 0 saturated carbocycles. The van der Waals surface area contributed by atoms with Crippen molar-refractivity contribution in [3.05, 3.63) is 23.8 Å². The minimum atomic E-state index is -0.0232. The first-order valence-electron chi connectivity index (χ1n) is 9.13. The highest BCUT2D eigenvalue weighted by molar-refractivity contribution is 5.98. The molecule has 5 heteroatoms. The van der Waals surface area contributed by atoms with Crippen molar-refractivity contribution in [3.8, 4) is 0 Å². The molecule has 0 aliphatic carbocycles. The third kappa shape index (κ3) is 3.71. The van der Waals surface area contributed by atoms with E-state index in [1.165, 1.54) is 19.3 Å². The molecule has 0 aromatic heterocycles. The first kappa shape index (κ1) is 16.8. The van der Waals surface area contributed by atoms with Crippen molar-refractivity contribution in [2.24, 2.45) is 0 Å². The zero-order valence-electron chi connectivity index (χ0n) is 14.5. The molecule has 2 aliphatic rings. The number of hydrogen-bond donors (Lipinski definition) is 1. The molecule has 0 spiro atoms. The summed E-state index contributed by atoms with van der Waals surface area (Å²) in [6, 6.07) is 5.77. The topological polar surface area (TPSA) is 52.7 Å². The van der Waals surface area contributed by atoms with Crippen LogP contribution in [0.3, 0.4) is 0 Å². The summed E-state index contributed by atoms with van der Waals surface area (Å²) in [6.45, 7) is 4.40. The summed E-state index contributed by atoms with van der Waals surface area (Å²) in [4.78, 5) is 28.4. The lowest BCUT2D eigenvalue weighted by molar-refractivity contribution is -0.117. The van der Waals surface area contributed by atoms with Crippen molar-refractivity contribution in [3.63, 3.8) is 0 Å². The molecule has 0 unspecified atom stereocenters. The Hall–Kier alpha value is -2.04. The Morgan fingerprint density at radius 1 is 1.00 bits per heavy atom. The van der Waals surface area contributed by atoms with E-state index in [0.29, 0.717) is 6.42 Å². The van der Waals surface area contributed by atoms with Crippen molar-refractivity contribution in [1.82, 2.24) is 4.90 Å². The van der Waals surface area contributed by atoms with Crippen LogP contribution in [0.1, 0.15) is 50.5 Å². The molecule has 1 aromatic rings. The van der Waals surface area contributed by atoms with Crippen LogP contribution in [-0.2, 0) is 4.79 Å². The van der Waals surface area contributed by atoms with Crippen molar-refractivity contribution in [2.75, 3.05) is 29.9 Å². The van der Waals surface area contributed by atoms with E-state index in [9.17, 15) is 9.59 Å². The third-order valence-electron chi connectivity index (χ3n) is 5.05. The monoisotopic (exact) mass is 329 g/mol. The second-order valence-electron chi connectivity index (χ2n) is 6.78. The fourth-order valence-electron chi connectivity index (χ4n) is 3.60. The number of carbonyl (C=O) groups is 2. The van der Waals surface area contributed by atoms with Gasteiger partial charge >= 0.3 is 6.03 Å². The normalized spacial score (nSPS) is 19.1. The number of anilines is 2. The number of amides is 3. The van der Waals surface area contributed by atoms with Crippen LogP contribution in [-0.4, -0.2) is 36.5 Å². The van der Waals surface area contributed by atoms with Crippen LogP contribution >= 0.6 is 0 Å². The number of likely N-dealkylation sites (tertiary alicyclic amines) is 1. The maximum absolute atomic E-state index is 12.6. The maximum Gasteiger partial charge on any atom is 0.321 e. The van der Waals surface area contributed by atoms with E-state index in [0.717, 1.165) is 55.8 Å². The van der Waals surface area contributed by atoms with Gasteiger partial charge in [-0.2, -0.15) is 0 Å². The Kier molecular flexibility index (Phi) is 5.38. The quantitative estimate of drug-likeness (QED) is 0.894. The molecule has 3 rings (SSSR count). The van der Waals surface area contributed by atoms with Crippen LogP contribution in [0.2, 0.25) is 0 Å². The summed E-state index contributed by atoms with van der Waals surface area (Å²) in [7, 11) is 0. The van der Waals surface area contributed by atoms with Gasteiger partial charge in [0.25, 0.3) is 0 Å². The highest BCUT2D eigenvalue weighted by Gasteiger charge is 2.24. The zero-order valence-corrected chi connectivity index (χ0v) is 14.5. The van der Waals surface area contributed by atoms with E-state index >= 15 is 0 Å². The van der Waals surface area contributed by atoms with Crippen LogP contribution in [0.5, 0.6) is 0 Å². The van der Waals surface area contributed by atoms with Crippen LogP contribution in [0.25, 0.3) is 0 Å². The van der Waals surface area contributed by atoms with Gasteiger partial charge in [0.15, 0.2) is 0 Å². The lowest BCUT2D eigenvalue weighted by Crippen LogP contribution is -2.37. The molecule has 24 heavy (non-hydrogen) atoms. The molecule has 130 valence electrons. The number of hydrogen-bond acceptors (Lipinski definition) is 2. The number of nitrogens with zero attached hydrogens (tertiary/aromatic N) is 2. The first-order valence-corrected chi connectivity index (χ1v) is 9.13. The van der Waals surface area contributed by atoms with E-state index in [4.69, 9.17) is 0 Å². The first-order chi connectivity index (χ1) is 11.7. The molecule has 1 N–H and O–H groups in total. The van der Waals surface area contributed by atoms with Gasteiger partial charge in [-0.05, 0) is 43.9 Å². The van der Waals surface area contributed by atoms with Gasteiger partial charge in [0.05, 0.1) is 0 Å². The van der Waals surface area contributed by atoms with Gasteiger partial charge < -0.3 is 15.1 Å². The SMILES string of the molecule is Cc1c(NC(=O)N2CCCCCCC2)cccc1N1CCCC1=O. The Morgan fingerprint density at radius 2 is 1.71 bits per heavy atom. The third-order valence-corrected chi connectivity index (χ3v) is 5.05. The smallest absolute Gasteiger partial charge is 0.321 e. The minimum absolute atomic E-state index is 0.0232. The Bertz CT molecular complexity index is 607. The van der Waals surface area contributed by atoms with Gasteiger partial charge in [-0.1, -0.05) is 25.3 Å². The Balaban J connectivity index is 1.72. The van der Waals surface area contributed by atoms with Gasteiger partial charge in [-0.25, -0.2) is 4.79 Å². The van der Waals surface area contributed by atoms with E-state index in [-0.39, 0.29) is 11.9 Å². The average molecular weight is 329 g/mol. The van der Waals surface area contributed by atoms with E-state index in [1.54, 1.807) is 0 Å². The fraction of sp³-hybridized carbons (Fsp3) is 0.579. The Labute approximate surface area is 144 Å². The molecule has 2 fully saturated rings. The minimum Gasteiger partial charge on any atom is -0.325 e. The van der Waals surface area contributed by atoms with E-state index in [1.807, 2.05) is 34.9 Å². The molecular weight excluding hydrogens is 302 g/mol. The summed E-state index contributed by atoms with van der Waals surface area (Å²) in [6.07, 6.45) is 7.36.